The van der Waals surface area contributed by atoms with E-state index in [1.54, 1.807) is 0 Å². The van der Waals surface area contributed by atoms with Crippen molar-refractivity contribution in [3.8, 4) is 0 Å². The van der Waals surface area contributed by atoms with E-state index in [0.29, 0.717) is 5.57 Å². The number of hydrogen-bond acceptors (Lipinski definition) is 7. The van der Waals surface area contributed by atoms with Crippen LogP contribution in [0.5, 0.6) is 0 Å². The van der Waals surface area contributed by atoms with Gasteiger partial charge in [0.05, 0.1) is 13.2 Å². The van der Waals surface area contributed by atoms with E-state index in [-0.39, 0.29) is 13.0 Å². The summed E-state index contributed by atoms with van der Waals surface area (Å²) in [7, 11) is 0. The largest absolute Gasteiger partial charge is 0.393 e. The zero-order valence-electron chi connectivity index (χ0n) is 11.4. The number of rotatable bonds is 3. The predicted molar refractivity (Wildman–Crippen MR) is 74.2 cm³/mol. The molecule has 118 valence electrons. The Morgan fingerprint density at radius 1 is 1.48 bits per heavy atom. The minimum Gasteiger partial charge on any atom is -0.393 e. The number of carbonyl (C=O) groups excluding carboxylic acids is 2. The zero-order valence-corrected chi connectivity index (χ0v) is 12.3. The van der Waals surface area contributed by atoms with Crippen molar-refractivity contribution in [1.82, 2.24) is 10.6 Å². The molecule has 5 N–H and O–H groups in total. The molecule has 3 aliphatic rings. The van der Waals surface area contributed by atoms with Gasteiger partial charge in [0.15, 0.2) is 4.87 Å². The molecule has 8 nitrogen and oxygen atoms in total. The fourth-order valence-electron chi connectivity index (χ4n) is 2.29. The standard InChI is InChI=1S/C12H18N2O6S/c1-6-3-4-20-11(7(16)10(2,19)5-15)8(17)14-12(6,21)9(18)13-11/h7,15-16,19,21H,1,3-5H2,2H3,(H,13,18)(H,14,17)/t7-,10-,11?,12+/m0/s1. The fourth-order valence-corrected chi connectivity index (χ4v) is 2.56. The van der Waals surface area contributed by atoms with Crippen LogP contribution in [0.4, 0.5) is 0 Å². The van der Waals surface area contributed by atoms with Gasteiger partial charge in [-0.2, -0.15) is 0 Å². The van der Waals surface area contributed by atoms with Crippen LogP contribution in [0.1, 0.15) is 13.3 Å². The number of aliphatic hydroxyl groups is 3. The number of aliphatic hydroxyl groups excluding tert-OH is 2. The molecule has 0 spiro atoms. The van der Waals surface area contributed by atoms with Gasteiger partial charge in [0.1, 0.15) is 11.7 Å². The van der Waals surface area contributed by atoms with Gasteiger partial charge in [0, 0.05) is 0 Å². The zero-order chi connectivity index (χ0) is 16.1. The summed E-state index contributed by atoms with van der Waals surface area (Å²) in [4.78, 5) is 23.0. The van der Waals surface area contributed by atoms with Gasteiger partial charge < -0.3 is 30.7 Å². The van der Waals surface area contributed by atoms with Crippen LogP contribution < -0.4 is 10.6 Å². The summed E-state index contributed by atoms with van der Waals surface area (Å²) in [5, 5.41) is 34.0. The third-order valence-electron chi connectivity index (χ3n) is 3.80. The molecule has 0 aromatic heterocycles. The molecule has 3 rings (SSSR count). The molecule has 0 aromatic carbocycles. The van der Waals surface area contributed by atoms with Gasteiger partial charge in [-0.3, -0.25) is 9.59 Å². The molecule has 4 atom stereocenters. The van der Waals surface area contributed by atoms with E-state index >= 15 is 0 Å². The smallest absolute Gasteiger partial charge is 0.278 e. The van der Waals surface area contributed by atoms with Crippen LogP contribution in [0, 0.1) is 0 Å². The first-order valence-corrected chi connectivity index (χ1v) is 6.76. The van der Waals surface area contributed by atoms with Crippen LogP contribution in [0.25, 0.3) is 0 Å². The number of piperazine rings is 1. The number of ether oxygens (including phenoxy) is 1. The number of thiol groups is 1. The van der Waals surface area contributed by atoms with Crippen molar-refractivity contribution in [3.63, 3.8) is 0 Å². The minimum absolute atomic E-state index is 0.0204. The molecule has 2 amide bonds. The van der Waals surface area contributed by atoms with Crippen LogP contribution in [-0.4, -0.2) is 62.6 Å². The molecule has 3 saturated heterocycles. The molecule has 0 aliphatic carbocycles. The highest BCUT2D eigenvalue weighted by Crippen LogP contribution is 2.35. The van der Waals surface area contributed by atoms with Gasteiger partial charge in [0.25, 0.3) is 17.5 Å². The van der Waals surface area contributed by atoms with Crippen LogP contribution in [0.15, 0.2) is 12.2 Å². The van der Waals surface area contributed by atoms with Crippen molar-refractivity contribution >= 4 is 24.4 Å². The van der Waals surface area contributed by atoms with Crippen molar-refractivity contribution in [1.29, 1.82) is 0 Å². The normalized spacial score (nSPS) is 37.1. The summed E-state index contributed by atoms with van der Waals surface area (Å²) >= 11 is 4.16. The van der Waals surface area contributed by atoms with E-state index in [1.807, 2.05) is 0 Å². The molecule has 3 aliphatic heterocycles. The monoisotopic (exact) mass is 318 g/mol. The number of amides is 2. The second-order valence-corrected chi connectivity index (χ2v) is 6.14. The maximum Gasteiger partial charge on any atom is 0.278 e. The first-order valence-electron chi connectivity index (χ1n) is 6.31. The molecule has 2 bridgehead atoms. The van der Waals surface area contributed by atoms with Crippen LogP contribution in [-0.2, 0) is 14.3 Å². The van der Waals surface area contributed by atoms with Gasteiger partial charge in [-0.1, -0.05) is 6.58 Å². The number of hydrogen-bond donors (Lipinski definition) is 6. The predicted octanol–water partition coefficient (Wildman–Crippen LogP) is -2.36. The summed E-state index contributed by atoms with van der Waals surface area (Å²) in [5.74, 6) is -1.61. The van der Waals surface area contributed by atoms with E-state index in [2.05, 4.69) is 29.8 Å². The summed E-state index contributed by atoms with van der Waals surface area (Å²) in [6, 6.07) is 0. The van der Waals surface area contributed by atoms with Crippen molar-refractivity contribution in [2.75, 3.05) is 13.2 Å². The molecule has 0 radical (unpaired) electrons. The second kappa shape index (κ2) is 4.96. The lowest BCUT2D eigenvalue weighted by Crippen LogP contribution is -2.81. The quantitative estimate of drug-likeness (QED) is 0.255. The third kappa shape index (κ3) is 2.25. The highest BCUT2D eigenvalue weighted by Gasteiger charge is 2.62. The lowest BCUT2D eigenvalue weighted by atomic mass is 9.86. The van der Waals surface area contributed by atoms with Gasteiger partial charge in [0.2, 0.25) is 0 Å². The average Bonchev–Trinajstić information content (AvgIpc) is 2.42. The van der Waals surface area contributed by atoms with E-state index in [9.17, 15) is 19.8 Å². The Kier molecular flexibility index (Phi) is 3.83. The molecular formula is C12H18N2O6S. The van der Waals surface area contributed by atoms with E-state index in [0.717, 1.165) is 6.92 Å². The van der Waals surface area contributed by atoms with Gasteiger partial charge >= 0.3 is 0 Å². The molecule has 0 aromatic rings. The SMILES string of the molecule is C=C1CCOC2([C@@H](O)[C@@](C)(O)CO)NC(=O)[C@@]1(S)NC2=O. The molecule has 0 saturated carbocycles. The van der Waals surface area contributed by atoms with Crippen LogP contribution in [0.2, 0.25) is 0 Å². The second-order valence-electron chi connectivity index (χ2n) is 5.47. The summed E-state index contributed by atoms with van der Waals surface area (Å²) < 4.78 is 5.35. The number of nitrogens with one attached hydrogen (secondary N) is 2. The first-order chi connectivity index (χ1) is 9.60. The molecule has 3 fully saturated rings. The van der Waals surface area contributed by atoms with Crippen LogP contribution >= 0.6 is 12.6 Å². The molecule has 9 heteroatoms. The van der Waals surface area contributed by atoms with E-state index in [4.69, 9.17) is 9.84 Å². The number of carbonyl (C=O) groups is 2. The third-order valence-corrected chi connectivity index (χ3v) is 4.43. The fraction of sp³-hybridized carbons (Fsp3) is 0.667. The summed E-state index contributed by atoms with van der Waals surface area (Å²) in [6.07, 6.45) is -1.66. The van der Waals surface area contributed by atoms with Crippen molar-refractivity contribution < 1.29 is 29.6 Å². The Balaban J connectivity index is 2.47. The van der Waals surface area contributed by atoms with Crippen molar-refractivity contribution in [3.05, 3.63) is 12.2 Å². The van der Waals surface area contributed by atoms with Gasteiger partial charge in [-0.15, -0.1) is 12.6 Å². The van der Waals surface area contributed by atoms with Crippen molar-refractivity contribution in [2.45, 2.75) is 35.6 Å². The lowest BCUT2D eigenvalue weighted by molar-refractivity contribution is -0.221. The highest BCUT2D eigenvalue weighted by atomic mass is 32.1. The molecular weight excluding hydrogens is 300 g/mol. The van der Waals surface area contributed by atoms with Crippen molar-refractivity contribution in [2.24, 2.45) is 0 Å². The highest BCUT2D eigenvalue weighted by molar-refractivity contribution is 7.83. The maximum absolute atomic E-state index is 12.4. The van der Waals surface area contributed by atoms with Crippen LogP contribution in [0.3, 0.4) is 0 Å². The summed E-state index contributed by atoms with van der Waals surface area (Å²) in [6.45, 7) is 3.97. The minimum atomic E-state index is -2.20. The molecule has 21 heavy (non-hydrogen) atoms. The van der Waals surface area contributed by atoms with E-state index < -0.39 is 40.7 Å². The van der Waals surface area contributed by atoms with E-state index in [1.165, 1.54) is 0 Å². The topological polar surface area (TPSA) is 128 Å². The molecule has 1 unspecified atom stereocenters. The maximum atomic E-state index is 12.4. The van der Waals surface area contributed by atoms with Gasteiger partial charge in [-0.25, -0.2) is 0 Å². The Morgan fingerprint density at radius 3 is 2.67 bits per heavy atom. The molecule has 3 heterocycles. The Labute approximate surface area is 126 Å². The Morgan fingerprint density at radius 2 is 2.10 bits per heavy atom. The van der Waals surface area contributed by atoms with Gasteiger partial charge in [-0.05, 0) is 18.9 Å². The number of fused-ring (bicyclic) bond motifs is 5. The lowest BCUT2D eigenvalue weighted by Gasteiger charge is -2.50. The Bertz CT molecular complexity index is 510. The average molecular weight is 318 g/mol. The first kappa shape index (κ1) is 16.2. The summed E-state index contributed by atoms with van der Waals surface area (Å²) in [5.41, 5.74) is -3.92. The Hall–Kier alpha value is -1.13.